The largest absolute Gasteiger partial charge is 0.390 e. The minimum Gasteiger partial charge on any atom is -0.390 e. The van der Waals surface area contributed by atoms with Crippen molar-refractivity contribution in [3.05, 3.63) is 34.9 Å². The normalized spacial score (nSPS) is 24.7. The Balaban J connectivity index is 1.63. The summed E-state index contributed by atoms with van der Waals surface area (Å²) in [5.74, 6) is -0.410. The Morgan fingerprint density at radius 1 is 1.00 bits per heavy atom. The number of ether oxygens (including phenoxy) is 2. The van der Waals surface area contributed by atoms with Gasteiger partial charge >= 0.3 is 0 Å². The third-order valence-electron chi connectivity index (χ3n) is 4.20. The fourth-order valence-corrected chi connectivity index (χ4v) is 3.17. The molecule has 3 nitrogen and oxygen atoms in total. The molecule has 1 aliphatic carbocycles. The Hall–Kier alpha value is -0.610. The lowest BCUT2D eigenvalue weighted by molar-refractivity contribution is -0.202. The number of aliphatic hydroxyl groups is 1. The van der Waals surface area contributed by atoms with Crippen molar-refractivity contribution in [2.45, 2.75) is 43.5 Å². The van der Waals surface area contributed by atoms with Crippen LogP contribution in [0, 0.1) is 0 Å². The van der Waals surface area contributed by atoms with Gasteiger partial charge in [-0.1, -0.05) is 23.7 Å². The highest BCUT2D eigenvalue weighted by molar-refractivity contribution is 6.30. The van der Waals surface area contributed by atoms with Crippen molar-refractivity contribution in [3.63, 3.8) is 0 Å². The smallest absolute Gasteiger partial charge is 0.168 e. The molecule has 1 aromatic carbocycles. The van der Waals surface area contributed by atoms with Crippen LogP contribution in [0.1, 0.15) is 31.2 Å². The van der Waals surface area contributed by atoms with Crippen LogP contribution >= 0.6 is 11.6 Å². The summed E-state index contributed by atoms with van der Waals surface area (Å²) < 4.78 is 11.4. The molecular formula is C15H19ClO3. The second-order valence-electron chi connectivity index (χ2n) is 5.64. The lowest BCUT2D eigenvalue weighted by Crippen LogP contribution is -2.44. The van der Waals surface area contributed by atoms with Gasteiger partial charge in [0.1, 0.15) is 0 Å². The summed E-state index contributed by atoms with van der Waals surface area (Å²) in [5, 5.41) is 11.4. The number of benzene rings is 1. The van der Waals surface area contributed by atoms with Crippen LogP contribution in [0.3, 0.4) is 0 Å². The van der Waals surface area contributed by atoms with Gasteiger partial charge in [-0.3, -0.25) is 0 Å². The molecule has 0 aromatic heterocycles. The highest BCUT2D eigenvalue weighted by Gasteiger charge is 2.45. The molecule has 1 aromatic rings. The maximum atomic E-state index is 10.7. The van der Waals surface area contributed by atoms with Gasteiger partial charge in [0, 0.05) is 24.3 Å². The summed E-state index contributed by atoms with van der Waals surface area (Å²) in [6.07, 6.45) is 3.65. The first-order valence-corrected chi connectivity index (χ1v) is 7.22. The topological polar surface area (TPSA) is 38.7 Å². The lowest BCUT2D eigenvalue weighted by Gasteiger charge is -2.40. The van der Waals surface area contributed by atoms with Crippen molar-refractivity contribution in [1.82, 2.24) is 0 Å². The molecule has 1 spiro atoms. The van der Waals surface area contributed by atoms with Crippen LogP contribution < -0.4 is 0 Å². The highest BCUT2D eigenvalue weighted by Crippen LogP contribution is 2.41. The maximum Gasteiger partial charge on any atom is 0.168 e. The molecule has 0 bridgehead atoms. The van der Waals surface area contributed by atoms with E-state index in [0.717, 1.165) is 36.3 Å². The van der Waals surface area contributed by atoms with E-state index >= 15 is 0 Å². The third-order valence-corrected chi connectivity index (χ3v) is 4.45. The SMILES string of the molecule is OC1(Cc2ccc(Cl)cc2)CCC2(CC1)OCCO2. The van der Waals surface area contributed by atoms with E-state index in [1.165, 1.54) is 0 Å². The fraction of sp³-hybridized carbons (Fsp3) is 0.600. The summed E-state index contributed by atoms with van der Waals surface area (Å²) in [6, 6.07) is 7.70. The summed E-state index contributed by atoms with van der Waals surface area (Å²) >= 11 is 5.88. The molecule has 1 aliphatic heterocycles. The molecule has 1 heterocycles. The van der Waals surface area contributed by atoms with Crippen LogP contribution in [0.25, 0.3) is 0 Å². The molecule has 2 aliphatic rings. The van der Waals surface area contributed by atoms with Crippen LogP contribution in [-0.4, -0.2) is 29.7 Å². The van der Waals surface area contributed by atoms with Crippen LogP contribution in [0.2, 0.25) is 5.02 Å². The first-order valence-electron chi connectivity index (χ1n) is 6.84. The van der Waals surface area contributed by atoms with Gasteiger partial charge in [-0.15, -0.1) is 0 Å². The molecule has 19 heavy (non-hydrogen) atoms. The van der Waals surface area contributed by atoms with E-state index in [1.54, 1.807) is 0 Å². The number of rotatable bonds is 2. The van der Waals surface area contributed by atoms with Crippen LogP contribution in [0.4, 0.5) is 0 Å². The number of halogens is 1. The van der Waals surface area contributed by atoms with Crippen LogP contribution in [0.15, 0.2) is 24.3 Å². The van der Waals surface area contributed by atoms with E-state index in [-0.39, 0.29) is 0 Å². The van der Waals surface area contributed by atoms with Crippen molar-refractivity contribution in [1.29, 1.82) is 0 Å². The maximum absolute atomic E-state index is 10.7. The molecule has 104 valence electrons. The zero-order valence-electron chi connectivity index (χ0n) is 10.9. The minimum atomic E-state index is -0.644. The molecule has 1 saturated heterocycles. The Kier molecular flexibility index (Phi) is 3.56. The highest BCUT2D eigenvalue weighted by atomic mass is 35.5. The standard InChI is InChI=1S/C15H19ClO3/c16-13-3-1-12(2-4-13)11-14(17)5-7-15(8-6-14)18-9-10-19-15/h1-4,17H,5-11H2. The predicted molar refractivity (Wildman–Crippen MR) is 73.2 cm³/mol. The monoisotopic (exact) mass is 282 g/mol. The van der Waals surface area contributed by atoms with E-state index in [4.69, 9.17) is 21.1 Å². The van der Waals surface area contributed by atoms with Crippen molar-refractivity contribution in [2.24, 2.45) is 0 Å². The van der Waals surface area contributed by atoms with E-state index in [9.17, 15) is 5.11 Å². The van der Waals surface area contributed by atoms with Crippen molar-refractivity contribution in [3.8, 4) is 0 Å². The Morgan fingerprint density at radius 2 is 1.58 bits per heavy atom. The van der Waals surface area contributed by atoms with E-state index in [2.05, 4.69) is 0 Å². The zero-order chi connectivity index (χ0) is 13.3. The molecule has 0 atom stereocenters. The average molecular weight is 283 g/mol. The van der Waals surface area contributed by atoms with E-state index in [0.29, 0.717) is 19.6 Å². The third kappa shape index (κ3) is 2.95. The molecule has 2 fully saturated rings. The predicted octanol–water partition coefficient (Wildman–Crippen LogP) is 2.93. The van der Waals surface area contributed by atoms with Crippen molar-refractivity contribution in [2.75, 3.05) is 13.2 Å². The van der Waals surface area contributed by atoms with Gasteiger partial charge in [0.05, 0.1) is 18.8 Å². The van der Waals surface area contributed by atoms with E-state index < -0.39 is 11.4 Å². The van der Waals surface area contributed by atoms with Gasteiger partial charge in [-0.2, -0.15) is 0 Å². The molecule has 0 unspecified atom stereocenters. The van der Waals surface area contributed by atoms with Crippen molar-refractivity contribution < 1.29 is 14.6 Å². The molecule has 4 heteroatoms. The van der Waals surface area contributed by atoms with Gasteiger partial charge in [0.2, 0.25) is 0 Å². The van der Waals surface area contributed by atoms with Crippen molar-refractivity contribution >= 4 is 11.6 Å². The van der Waals surface area contributed by atoms with E-state index in [1.807, 2.05) is 24.3 Å². The summed E-state index contributed by atoms with van der Waals surface area (Å²) in [6.45, 7) is 1.35. The molecule has 1 saturated carbocycles. The molecule has 0 amide bonds. The average Bonchev–Trinajstić information content (AvgIpc) is 2.86. The quantitative estimate of drug-likeness (QED) is 0.906. The van der Waals surface area contributed by atoms with Crippen LogP contribution in [-0.2, 0) is 15.9 Å². The first kappa shape index (κ1) is 13.4. The summed E-state index contributed by atoms with van der Waals surface area (Å²) in [7, 11) is 0. The minimum absolute atomic E-state index is 0.410. The summed E-state index contributed by atoms with van der Waals surface area (Å²) in [4.78, 5) is 0. The Labute approximate surface area is 118 Å². The van der Waals surface area contributed by atoms with Gasteiger partial charge in [0.25, 0.3) is 0 Å². The molecular weight excluding hydrogens is 264 g/mol. The van der Waals surface area contributed by atoms with Gasteiger partial charge in [0.15, 0.2) is 5.79 Å². The summed E-state index contributed by atoms with van der Waals surface area (Å²) in [5.41, 5.74) is 0.477. The second-order valence-corrected chi connectivity index (χ2v) is 6.07. The Bertz CT molecular complexity index is 427. The van der Waals surface area contributed by atoms with Gasteiger partial charge in [-0.25, -0.2) is 0 Å². The second kappa shape index (κ2) is 5.06. The molecule has 1 N–H and O–H groups in total. The number of hydrogen-bond donors (Lipinski definition) is 1. The molecule has 3 rings (SSSR count). The van der Waals surface area contributed by atoms with Crippen LogP contribution in [0.5, 0.6) is 0 Å². The lowest BCUT2D eigenvalue weighted by atomic mass is 9.78. The fourth-order valence-electron chi connectivity index (χ4n) is 3.04. The Morgan fingerprint density at radius 3 is 2.16 bits per heavy atom. The first-order chi connectivity index (χ1) is 9.09. The van der Waals surface area contributed by atoms with Gasteiger partial charge < -0.3 is 14.6 Å². The number of hydrogen-bond acceptors (Lipinski definition) is 3. The molecule has 0 radical (unpaired) electrons. The zero-order valence-corrected chi connectivity index (χ0v) is 11.7. The van der Waals surface area contributed by atoms with Gasteiger partial charge in [-0.05, 0) is 30.5 Å².